The molecule has 0 unspecified atom stereocenters. The van der Waals surface area contributed by atoms with Gasteiger partial charge in [-0.15, -0.1) is 0 Å². The first-order valence-electron chi connectivity index (χ1n) is 7.39. The largest absolute Gasteiger partial charge is 0.354 e. The molecule has 4 rings (SSSR count). The number of nitrogens with one attached hydrogen (secondary N) is 1. The monoisotopic (exact) mass is 345 g/mol. The smallest absolute Gasteiger partial charge is 0.195 e. The van der Waals surface area contributed by atoms with Crippen molar-refractivity contribution in [1.82, 2.24) is 14.8 Å². The van der Waals surface area contributed by atoms with Crippen molar-refractivity contribution >= 4 is 12.2 Å². The number of hydrogen-bond donors (Lipinski definition) is 1. The standard InChI is InChI=1S/C17H13F2N3OS/c18-12-5-3-4-11(8-12)17(9-22-16(24)20-10-21-22)15(23-17)13-6-1-2-7-14(13)19/h1-8,10,15H,9H2,(H,20,21,24)/t15-,17-/m1/s1. The molecule has 7 heteroatoms. The first kappa shape index (κ1) is 15.2. The Balaban J connectivity index is 1.79. The van der Waals surface area contributed by atoms with Crippen molar-refractivity contribution in [1.29, 1.82) is 0 Å². The first-order valence-corrected chi connectivity index (χ1v) is 7.80. The lowest BCUT2D eigenvalue weighted by Gasteiger charge is -2.14. The van der Waals surface area contributed by atoms with Crippen molar-refractivity contribution in [2.75, 3.05) is 0 Å². The topological polar surface area (TPSA) is 46.1 Å². The van der Waals surface area contributed by atoms with E-state index in [-0.39, 0.29) is 18.2 Å². The van der Waals surface area contributed by atoms with Crippen molar-refractivity contribution < 1.29 is 13.5 Å². The molecule has 0 aliphatic carbocycles. The molecule has 0 bridgehead atoms. The summed E-state index contributed by atoms with van der Waals surface area (Å²) >= 11 is 5.18. The highest BCUT2D eigenvalue weighted by Crippen LogP contribution is 2.58. The molecular weight excluding hydrogens is 332 g/mol. The van der Waals surface area contributed by atoms with Gasteiger partial charge in [-0.05, 0) is 36.0 Å². The average molecular weight is 345 g/mol. The van der Waals surface area contributed by atoms with Crippen molar-refractivity contribution in [3.8, 4) is 0 Å². The number of aromatic amines is 1. The normalized spacial score (nSPS) is 22.5. The van der Waals surface area contributed by atoms with Gasteiger partial charge in [0.2, 0.25) is 0 Å². The number of rotatable bonds is 4. The molecule has 0 amide bonds. The SMILES string of the molecule is Fc1cccc([C@@]2(Cn3nc[nH]c3=S)O[C@@H]2c2ccccc2F)c1. The van der Waals surface area contributed by atoms with Gasteiger partial charge in [0.15, 0.2) is 4.77 Å². The molecule has 0 saturated carbocycles. The maximum atomic E-state index is 14.2. The molecule has 122 valence electrons. The molecule has 4 nitrogen and oxygen atoms in total. The Labute approximate surface area is 141 Å². The van der Waals surface area contributed by atoms with E-state index in [0.717, 1.165) is 0 Å². The van der Waals surface area contributed by atoms with Crippen LogP contribution >= 0.6 is 12.2 Å². The summed E-state index contributed by atoms with van der Waals surface area (Å²) in [6, 6.07) is 12.6. The van der Waals surface area contributed by atoms with E-state index >= 15 is 0 Å². The maximum Gasteiger partial charge on any atom is 0.195 e. The lowest BCUT2D eigenvalue weighted by atomic mass is 9.91. The maximum absolute atomic E-state index is 14.2. The minimum absolute atomic E-state index is 0.262. The highest BCUT2D eigenvalue weighted by molar-refractivity contribution is 7.71. The molecule has 0 spiro atoms. The van der Waals surface area contributed by atoms with E-state index in [1.165, 1.54) is 24.5 Å². The number of halogens is 2. The van der Waals surface area contributed by atoms with Gasteiger partial charge in [-0.3, -0.25) is 0 Å². The average Bonchev–Trinajstić information content (AvgIpc) is 3.16. The zero-order valence-electron chi connectivity index (χ0n) is 12.4. The predicted octanol–water partition coefficient (Wildman–Crippen LogP) is 3.89. The molecule has 0 radical (unpaired) electrons. The van der Waals surface area contributed by atoms with Gasteiger partial charge in [0.05, 0.1) is 6.54 Å². The Morgan fingerprint density at radius 1 is 1.21 bits per heavy atom. The van der Waals surface area contributed by atoms with E-state index in [0.29, 0.717) is 15.9 Å². The Hall–Kier alpha value is -2.38. The molecule has 24 heavy (non-hydrogen) atoms. The highest BCUT2D eigenvalue weighted by Gasteiger charge is 2.60. The van der Waals surface area contributed by atoms with Gasteiger partial charge in [0, 0.05) is 5.56 Å². The summed E-state index contributed by atoms with van der Waals surface area (Å²) in [5.74, 6) is -0.730. The third-order valence-electron chi connectivity index (χ3n) is 4.20. The summed E-state index contributed by atoms with van der Waals surface area (Å²) in [6.07, 6.45) is 0.946. The number of nitrogens with zero attached hydrogens (tertiary/aromatic N) is 2. The summed E-state index contributed by atoms with van der Waals surface area (Å²) in [5, 5.41) is 4.13. The predicted molar refractivity (Wildman–Crippen MR) is 85.7 cm³/mol. The molecule has 1 fully saturated rings. The Morgan fingerprint density at radius 2 is 2.04 bits per heavy atom. The van der Waals surface area contributed by atoms with Crippen molar-refractivity contribution in [3.05, 3.63) is 82.4 Å². The van der Waals surface area contributed by atoms with Gasteiger partial charge < -0.3 is 9.72 Å². The number of hydrogen-bond acceptors (Lipinski definition) is 3. The van der Waals surface area contributed by atoms with Crippen LogP contribution in [0.2, 0.25) is 0 Å². The molecule has 2 atom stereocenters. The van der Waals surface area contributed by atoms with E-state index in [1.807, 2.05) is 0 Å². The fourth-order valence-corrected chi connectivity index (χ4v) is 3.14. The summed E-state index contributed by atoms with van der Waals surface area (Å²) in [6.45, 7) is 0.262. The molecule has 1 aliphatic heterocycles. The first-order chi connectivity index (χ1) is 11.6. The zero-order chi connectivity index (χ0) is 16.7. The van der Waals surface area contributed by atoms with E-state index in [9.17, 15) is 8.78 Å². The van der Waals surface area contributed by atoms with Gasteiger partial charge in [0.25, 0.3) is 0 Å². The molecule has 2 heterocycles. The lowest BCUT2D eigenvalue weighted by Crippen LogP contribution is -2.20. The van der Waals surface area contributed by atoms with Crippen molar-refractivity contribution in [2.45, 2.75) is 18.2 Å². The summed E-state index contributed by atoms with van der Waals surface area (Å²) in [5.41, 5.74) is 0.155. The summed E-state index contributed by atoms with van der Waals surface area (Å²) < 4.78 is 35.8. The number of benzene rings is 2. The second-order valence-corrected chi connectivity index (χ2v) is 6.06. The third kappa shape index (κ3) is 2.46. The van der Waals surface area contributed by atoms with Crippen LogP contribution in [0.1, 0.15) is 17.2 Å². The molecule has 1 N–H and O–H groups in total. The number of H-pyrrole nitrogens is 1. The van der Waals surface area contributed by atoms with Crippen LogP contribution in [-0.2, 0) is 16.9 Å². The third-order valence-corrected chi connectivity index (χ3v) is 4.53. The molecular formula is C17H13F2N3OS. The lowest BCUT2D eigenvalue weighted by molar-refractivity contribution is 0.260. The van der Waals surface area contributed by atoms with E-state index in [2.05, 4.69) is 10.1 Å². The van der Waals surface area contributed by atoms with Crippen LogP contribution in [-0.4, -0.2) is 14.8 Å². The van der Waals surface area contributed by atoms with Crippen molar-refractivity contribution in [3.63, 3.8) is 0 Å². The van der Waals surface area contributed by atoms with Crippen LogP contribution in [0, 0.1) is 16.4 Å². The van der Waals surface area contributed by atoms with Crippen molar-refractivity contribution in [2.24, 2.45) is 0 Å². The number of aromatic nitrogens is 3. The van der Waals surface area contributed by atoms with E-state index in [1.54, 1.807) is 35.0 Å². The molecule has 3 aromatic rings. The van der Waals surface area contributed by atoms with Crippen LogP contribution in [0.3, 0.4) is 0 Å². The molecule has 2 aromatic carbocycles. The Bertz CT molecular complexity index is 955. The summed E-state index contributed by atoms with van der Waals surface area (Å²) in [7, 11) is 0. The van der Waals surface area contributed by atoms with Gasteiger partial charge in [-0.1, -0.05) is 30.3 Å². The second kappa shape index (κ2) is 5.61. The second-order valence-electron chi connectivity index (χ2n) is 5.67. The van der Waals surface area contributed by atoms with Crippen LogP contribution in [0.25, 0.3) is 0 Å². The van der Waals surface area contributed by atoms with E-state index < -0.39 is 11.7 Å². The highest BCUT2D eigenvalue weighted by atomic mass is 32.1. The van der Waals surface area contributed by atoms with Crippen LogP contribution in [0.5, 0.6) is 0 Å². The quantitative estimate of drug-likeness (QED) is 0.576. The van der Waals surface area contributed by atoms with Crippen LogP contribution < -0.4 is 0 Å². The minimum Gasteiger partial charge on any atom is -0.354 e. The van der Waals surface area contributed by atoms with Crippen LogP contribution in [0.15, 0.2) is 54.9 Å². The van der Waals surface area contributed by atoms with Crippen LogP contribution in [0.4, 0.5) is 8.78 Å². The van der Waals surface area contributed by atoms with Gasteiger partial charge in [-0.25, -0.2) is 13.5 Å². The molecule has 1 saturated heterocycles. The Kier molecular flexibility index (Phi) is 3.54. The summed E-state index contributed by atoms with van der Waals surface area (Å²) in [4.78, 5) is 2.81. The number of epoxide rings is 1. The van der Waals surface area contributed by atoms with Gasteiger partial charge in [0.1, 0.15) is 29.7 Å². The fraction of sp³-hybridized carbons (Fsp3) is 0.176. The van der Waals surface area contributed by atoms with Gasteiger partial charge >= 0.3 is 0 Å². The minimum atomic E-state index is -0.905. The molecule has 1 aromatic heterocycles. The molecule has 1 aliphatic rings. The zero-order valence-corrected chi connectivity index (χ0v) is 13.3. The fourth-order valence-electron chi connectivity index (χ4n) is 2.98. The Morgan fingerprint density at radius 3 is 2.75 bits per heavy atom. The van der Waals surface area contributed by atoms with E-state index in [4.69, 9.17) is 17.0 Å². The number of ether oxygens (including phenoxy) is 1. The van der Waals surface area contributed by atoms with Gasteiger partial charge in [-0.2, -0.15) is 5.10 Å².